The average molecular weight is 384 g/mol. The maximum Gasteiger partial charge on any atom is 0.203 e. The maximum absolute atomic E-state index is 13.8. The van der Waals surface area contributed by atoms with E-state index in [-0.39, 0.29) is 5.82 Å². The monoisotopic (exact) mass is 383 g/mol. The van der Waals surface area contributed by atoms with Crippen molar-refractivity contribution < 1.29 is 18.6 Å². The van der Waals surface area contributed by atoms with Crippen LogP contribution in [0.15, 0.2) is 34.8 Å². The fraction of sp³-hybridized carbons (Fsp3) is 0.294. The summed E-state index contributed by atoms with van der Waals surface area (Å²) in [5, 5.41) is 3.21. The van der Waals surface area contributed by atoms with E-state index >= 15 is 0 Å². The number of nitrogens with one attached hydrogen (secondary N) is 1. The van der Waals surface area contributed by atoms with E-state index in [1.807, 2.05) is 18.2 Å². The molecule has 0 saturated carbocycles. The zero-order valence-electron chi connectivity index (χ0n) is 13.3. The molecule has 0 saturated heterocycles. The highest BCUT2D eigenvalue weighted by atomic mass is 79.9. The van der Waals surface area contributed by atoms with Gasteiger partial charge in [0.2, 0.25) is 5.75 Å². The van der Waals surface area contributed by atoms with Crippen LogP contribution in [0.4, 0.5) is 4.39 Å². The van der Waals surface area contributed by atoms with Gasteiger partial charge >= 0.3 is 0 Å². The molecule has 0 unspecified atom stereocenters. The number of rotatable bonds is 7. The molecule has 0 fully saturated rings. The minimum Gasteiger partial charge on any atom is -0.493 e. The number of hydrogen-bond donors (Lipinski definition) is 1. The molecule has 0 aliphatic carbocycles. The predicted molar refractivity (Wildman–Crippen MR) is 90.7 cm³/mol. The Kier molecular flexibility index (Phi) is 6.24. The maximum atomic E-state index is 13.8. The minimum absolute atomic E-state index is 0.239. The summed E-state index contributed by atoms with van der Waals surface area (Å²) in [5.74, 6) is 1.51. The van der Waals surface area contributed by atoms with Gasteiger partial charge in [-0.2, -0.15) is 0 Å². The Morgan fingerprint density at radius 3 is 2.13 bits per heavy atom. The second-order valence-electron chi connectivity index (χ2n) is 4.87. The van der Waals surface area contributed by atoms with Crippen molar-refractivity contribution in [1.82, 2.24) is 5.32 Å². The lowest BCUT2D eigenvalue weighted by atomic mass is 10.1. The van der Waals surface area contributed by atoms with Crippen molar-refractivity contribution in [1.29, 1.82) is 0 Å². The number of ether oxygens (including phenoxy) is 3. The zero-order valence-corrected chi connectivity index (χ0v) is 14.9. The van der Waals surface area contributed by atoms with E-state index in [1.165, 1.54) is 6.07 Å². The van der Waals surface area contributed by atoms with Crippen LogP contribution in [0, 0.1) is 5.82 Å². The molecule has 0 amide bonds. The minimum atomic E-state index is -0.239. The SMILES string of the molecule is COc1cc(CNCc2ccc(Br)cc2F)cc(OC)c1OC. The van der Waals surface area contributed by atoms with Crippen LogP contribution in [0.2, 0.25) is 0 Å². The topological polar surface area (TPSA) is 39.7 Å². The van der Waals surface area contributed by atoms with Gasteiger partial charge in [0.25, 0.3) is 0 Å². The molecule has 2 rings (SSSR count). The number of hydrogen-bond acceptors (Lipinski definition) is 4. The molecule has 0 heterocycles. The van der Waals surface area contributed by atoms with E-state index in [9.17, 15) is 4.39 Å². The predicted octanol–water partition coefficient (Wildman–Crippen LogP) is 3.90. The molecule has 0 aliphatic heterocycles. The van der Waals surface area contributed by atoms with Gasteiger partial charge in [0.1, 0.15) is 5.82 Å². The van der Waals surface area contributed by atoms with Crippen LogP contribution in [-0.4, -0.2) is 21.3 Å². The van der Waals surface area contributed by atoms with Crippen molar-refractivity contribution in [2.24, 2.45) is 0 Å². The van der Waals surface area contributed by atoms with E-state index < -0.39 is 0 Å². The summed E-state index contributed by atoms with van der Waals surface area (Å²) in [6.07, 6.45) is 0. The Hall–Kier alpha value is -1.79. The number of halogens is 2. The van der Waals surface area contributed by atoms with Crippen molar-refractivity contribution in [3.05, 3.63) is 51.7 Å². The van der Waals surface area contributed by atoms with Crippen LogP contribution in [0.3, 0.4) is 0 Å². The second-order valence-corrected chi connectivity index (χ2v) is 5.79. The van der Waals surface area contributed by atoms with Crippen LogP contribution < -0.4 is 19.5 Å². The zero-order chi connectivity index (χ0) is 16.8. The second kappa shape index (κ2) is 8.17. The smallest absolute Gasteiger partial charge is 0.203 e. The average Bonchev–Trinajstić information content (AvgIpc) is 2.55. The molecule has 2 aromatic carbocycles. The third-order valence-electron chi connectivity index (χ3n) is 3.38. The first kappa shape index (κ1) is 17.6. The first-order valence-electron chi connectivity index (χ1n) is 7.02. The van der Waals surface area contributed by atoms with Gasteiger partial charge in [0.15, 0.2) is 11.5 Å². The van der Waals surface area contributed by atoms with Crippen LogP contribution in [0.1, 0.15) is 11.1 Å². The number of benzene rings is 2. The summed E-state index contributed by atoms with van der Waals surface area (Å²) in [7, 11) is 4.71. The lowest BCUT2D eigenvalue weighted by molar-refractivity contribution is 0.323. The van der Waals surface area contributed by atoms with Gasteiger partial charge in [-0.25, -0.2) is 4.39 Å². The Balaban J connectivity index is 2.08. The Morgan fingerprint density at radius 2 is 1.61 bits per heavy atom. The van der Waals surface area contributed by atoms with Crippen molar-refractivity contribution >= 4 is 15.9 Å². The lowest BCUT2D eigenvalue weighted by Gasteiger charge is -2.14. The highest BCUT2D eigenvalue weighted by molar-refractivity contribution is 9.10. The summed E-state index contributed by atoms with van der Waals surface area (Å²) in [5.41, 5.74) is 1.57. The molecular weight excluding hydrogens is 365 g/mol. The van der Waals surface area contributed by atoms with E-state index in [1.54, 1.807) is 27.4 Å². The van der Waals surface area contributed by atoms with E-state index in [4.69, 9.17) is 14.2 Å². The normalized spacial score (nSPS) is 10.5. The summed E-state index contributed by atoms with van der Waals surface area (Å²) in [6, 6.07) is 8.76. The largest absolute Gasteiger partial charge is 0.493 e. The molecule has 2 aromatic rings. The molecule has 124 valence electrons. The molecule has 4 nitrogen and oxygen atoms in total. The fourth-order valence-electron chi connectivity index (χ4n) is 2.24. The van der Waals surface area contributed by atoms with Gasteiger partial charge in [-0.05, 0) is 29.8 Å². The number of methoxy groups -OCH3 is 3. The standard InChI is InChI=1S/C17H19BrFNO3/c1-21-15-6-11(7-16(22-2)17(15)23-3)9-20-10-12-4-5-13(18)8-14(12)19/h4-8,20H,9-10H2,1-3H3. The van der Waals surface area contributed by atoms with Gasteiger partial charge in [-0.15, -0.1) is 0 Å². The quantitative estimate of drug-likeness (QED) is 0.786. The van der Waals surface area contributed by atoms with E-state index in [2.05, 4.69) is 21.2 Å². The molecule has 1 N–H and O–H groups in total. The van der Waals surface area contributed by atoms with Gasteiger partial charge < -0.3 is 19.5 Å². The molecule has 0 spiro atoms. The first-order chi connectivity index (χ1) is 11.1. The van der Waals surface area contributed by atoms with Crippen LogP contribution in [0.5, 0.6) is 17.2 Å². The van der Waals surface area contributed by atoms with Crippen molar-refractivity contribution in [3.8, 4) is 17.2 Å². The van der Waals surface area contributed by atoms with Crippen molar-refractivity contribution in [2.75, 3.05) is 21.3 Å². The molecule has 0 bridgehead atoms. The van der Waals surface area contributed by atoms with E-state index in [0.717, 1.165) is 10.0 Å². The summed E-state index contributed by atoms with van der Waals surface area (Å²) in [6.45, 7) is 0.974. The summed E-state index contributed by atoms with van der Waals surface area (Å²) < 4.78 is 30.4. The van der Waals surface area contributed by atoms with Crippen LogP contribution >= 0.6 is 15.9 Å². The van der Waals surface area contributed by atoms with Crippen molar-refractivity contribution in [3.63, 3.8) is 0 Å². The van der Waals surface area contributed by atoms with Crippen molar-refractivity contribution in [2.45, 2.75) is 13.1 Å². The third-order valence-corrected chi connectivity index (χ3v) is 3.88. The highest BCUT2D eigenvalue weighted by Gasteiger charge is 2.13. The van der Waals surface area contributed by atoms with Gasteiger partial charge in [-0.3, -0.25) is 0 Å². The lowest BCUT2D eigenvalue weighted by Crippen LogP contribution is -2.14. The molecule has 23 heavy (non-hydrogen) atoms. The molecular formula is C17H19BrFNO3. The van der Waals surface area contributed by atoms with Crippen LogP contribution in [0.25, 0.3) is 0 Å². The molecule has 0 radical (unpaired) electrons. The molecule has 0 atom stereocenters. The highest BCUT2D eigenvalue weighted by Crippen LogP contribution is 2.38. The van der Waals surface area contributed by atoms with Gasteiger partial charge in [-0.1, -0.05) is 22.0 Å². The Morgan fingerprint density at radius 1 is 0.957 bits per heavy atom. The van der Waals surface area contributed by atoms with E-state index in [0.29, 0.717) is 35.9 Å². The Labute approximate surface area is 143 Å². The Bertz CT molecular complexity index is 654. The fourth-order valence-corrected chi connectivity index (χ4v) is 2.58. The summed E-state index contributed by atoms with van der Waals surface area (Å²) in [4.78, 5) is 0. The van der Waals surface area contributed by atoms with Gasteiger partial charge in [0, 0.05) is 23.1 Å². The van der Waals surface area contributed by atoms with Gasteiger partial charge in [0.05, 0.1) is 21.3 Å². The first-order valence-corrected chi connectivity index (χ1v) is 7.82. The molecule has 0 aromatic heterocycles. The third kappa shape index (κ3) is 4.36. The summed E-state index contributed by atoms with van der Waals surface area (Å²) >= 11 is 3.25. The molecule has 0 aliphatic rings. The molecule has 6 heteroatoms. The van der Waals surface area contributed by atoms with Crippen LogP contribution in [-0.2, 0) is 13.1 Å².